The molecule has 0 fully saturated rings. The number of methoxy groups -OCH3 is 1. The van der Waals surface area contributed by atoms with Crippen molar-refractivity contribution in [3.05, 3.63) is 46.7 Å². The molecule has 25 heavy (non-hydrogen) atoms. The highest BCUT2D eigenvalue weighted by Crippen LogP contribution is 2.18. The van der Waals surface area contributed by atoms with Gasteiger partial charge in [-0.15, -0.1) is 0 Å². The van der Waals surface area contributed by atoms with Gasteiger partial charge in [0.2, 0.25) is 0 Å². The molecule has 1 N–H and O–H groups in total. The van der Waals surface area contributed by atoms with Crippen LogP contribution in [0.25, 0.3) is 5.69 Å². The lowest BCUT2D eigenvalue weighted by Gasteiger charge is -2.07. The van der Waals surface area contributed by atoms with Gasteiger partial charge >= 0.3 is 5.97 Å². The van der Waals surface area contributed by atoms with E-state index in [0.29, 0.717) is 23.6 Å². The molecule has 1 amide bonds. The number of nitrogens with one attached hydrogen (secondary N) is 1. The van der Waals surface area contributed by atoms with Gasteiger partial charge in [0.05, 0.1) is 30.3 Å². The molecule has 0 spiro atoms. The standard InChI is InChI=1S/C18H22ClN3O3/c1-13-16(12-21-22(13)15-8-6-7-14(19)11-15)18(24)20-10-5-3-4-9-17(23)25-2/h6-8,11-12H,3-5,9-10H2,1-2H3,(H,20,24). The van der Waals surface area contributed by atoms with Crippen LogP contribution in [0.1, 0.15) is 41.7 Å². The number of aromatic nitrogens is 2. The molecule has 0 unspecified atom stereocenters. The fourth-order valence-corrected chi connectivity index (χ4v) is 2.66. The Bertz CT molecular complexity index is 743. The zero-order valence-corrected chi connectivity index (χ0v) is 15.2. The second kappa shape index (κ2) is 9.22. The van der Waals surface area contributed by atoms with E-state index in [1.807, 2.05) is 19.1 Å². The topological polar surface area (TPSA) is 73.2 Å². The van der Waals surface area contributed by atoms with Gasteiger partial charge in [0.1, 0.15) is 0 Å². The van der Waals surface area contributed by atoms with Gasteiger partial charge < -0.3 is 10.1 Å². The minimum absolute atomic E-state index is 0.154. The van der Waals surface area contributed by atoms with E-state index in [-0.39, 0.29) is 11.9 Å². The van der Waals surface area contributed by atoms with Gasteiger partial charge in [-0.2, -0.15) is 5.10 Å². The minimum atomic E-state index is -0.201. The first kappa shape index (κ1) is 19.0. The summed E-state index contributed by atoms with van der Waals surface area (Å²) in [5.74, 6) is -0.355. The van der Waals surface area contributed by atoms with Crippen LogP contribution in [0, 0.1) is 6.92 Å². The lowest BCUT2D eigenvalue weighted by Crippen LogP contribution is -2.25. The fraction of sp³-hybridized carbons (Fsp3) is 0.389. The summed E-state index contributed by atoms with van der Waals surface area (Å²) in [5, 5.41) is 7.78. The summed E-state index contributed by atoms with van der Waals surface area (Å²) in [7, 11) is 1.38. The Hall–Kier alpha value is -2.34. The van der Waals surface area contributed by atoms with Crippen molar-refractivity contribution in [2.75, 3.05) is 13.7 Å². The molecular weight excluding hydrogens is 342 g/mol. The largest absolute Gasteiger partial charge is 0.469 e. The smallest absolute Gasteiger partial charge is 0.305 e. The summed E-state index contributed by atoms with van der Waals surface area (Å²) >= 11 is 6.01. The third-order valence-corrected chi connectivity index (χ3v) is 4.11. The first-order valence-electron chi connectivity index (χ1n) is 8.18. The van der Waals surface area contributed by atoms with E-state index in [0.717, 1.165) is 30.6 Å². The highest BCUT2D eigenvalue weighted by atomic mass is 35.5. The van der Waals surface area contributed by atoms with E-state index in [9.17, 15) is 9.59 Å². The zero-order chi connectivity index (χ0) is 18.2. The van der Waals surface area contributed by atoms with Crippen LogP contribution < -0.4 is 5.32 Å². The fourth-order valence-electron chi connectivity index (χ4n) is 2.47. The number of carbonyl (C=O) groups excluding carboxylic acids is 2. The molecule has 2 rings (SSSR count). The van der Waals surface area contributed by atoms with Crippen LogP contribution in [0.2, 0.25) is 5.02 Å². The number of ether oxygens (including phenoxy) is 1. The van der Waals surface area contributed by atoms with E-state index in [1.54, 1.807) is 23.0 Å². The second-order valence-corrected chi connectivity index (χ2v) is 6.11. The molecule has 0 saturated heterocycles. The Morgan fingerprint density at radius 2 is 2.08 bits per heavy atom. The number of unbranched alkanes of at least 4 members (excludes halogenated alkanes) is 2. The summed E-state index contributed by atoms with van der Waals surface area (Å²) in [6.07, 6.45) is 4.40. The van der Waals surface area contributed by atoms with Gasteiger partial charge in [-0.1, -0.05) is 24.1 Å². The van der Waals surface area contributed by atoms with E-state index in [2.05, 4.69) is 15.2 Å². The lowest BCUT2D eigenvalue weighted by molar-refractivity contribution is -0.140. The number of rotatable bonds is 8. The summed E-state index contributed by atoms with van der Waals surface area (Å²) < 4.78 is 6.28. The van der Waals surface area contributed by atoms with Crippen molar-refractivity contribution in [1.29, 1.82) is 0 Å². The third-order valence-electron chi connectivity index (χ3n) is 3.88. The first-order chi connectivity index (χ1) is 12.0. The molecule has 7 heteroatoms. The molecular formula is C18H22ClN3O3. The summed E-state index contributed by atoms with van der Waals surface area (Å²) in [4.78, 5) is 23.3. The first-order valence-corrected chi connectivity index (χ1v) is 8.56. The predicted octanol–water partition coefficient (Wildman–Crippen LogP) is 3.30. The van der Waals surface area contributed by atoms with Crippen LogP contribution in [0.5, 0.6) is 0 Å². The monoisotopic (exact) mass is 363 g/mol. The van der Waals surface area contributed by atoms with Crippen molar-refractivity contribution in [3.8, 4) is 5.69 Å². The molecule has 0 aliphatic carbocycles. The SMILES string of the molecule is COC(=O)CCCCCNC(=O)c1cnn(-c2cccc(Cl)c2)c1C. The third kappa shape index (κ3) is 5.32. The number of hydrogen-bond acceptors (Lipinski definition) is 4. The van der Waals surface area contributed by atoms with E-state index < -0.39 is 0 Å². The van der Waals surface area contributed by atoms with Crippen molar-refractivity contribution in [2.24, 2.45) is 0 Å². The average Bonchev–Trinajstić information content (AvgIpc) is 2.99. The van der Waals surface area contributed by atoms with Crippen LogP contribution in [0.4, 0.5) is 0 Å². The van der Waals surface area contributed by atoms with Crippen molar-refractivity contribution < 1.29 is 14.3 Å². The maximum atomic E-state index is 12.3. The molecule has 0 aliphatic rings. The number of halogens is 1. The quantitative estimate of drug-likeness (QED) is 0.577. The lowest BCUT2D eigenvalue weighted by atomic mass is 10.2. The number of amides is 1. The molecule has 1 aromatic heterocycles. The Morgan fingerprint density at radius 3 is 2.80 bits per heavy atom. The number of carbonyl (C=O) groups is 2. The van der Waals surface area contributed by atoms with Crippen molar-refractivity contribution >= 4 is 23.5 Å². The zero-order valence-electron chi connectivity index (χ0n) is 14.4. The van der Waals surface area contributed by atoms with Crippen LogP contribution in [-0.2, 0) is 9.53 Å². The van der Waals surface area contributed by atoms with Gasteiger partial charge in [0.15, 0.2) is 0 Å². The van der Waals surface area contributed by atoms with Crippen LogP contribution in [0.3, 0.4) is 0 Å². The van der Waals surface area contributed by atoms with Gasteiger partial charge in [-0.3, -0.25) is 9.59 Å². The maximum absolute atomic E-state index is 12.3. The Balaban J connectivity index is 1.85. The van der Waals surface area contributed by atoms with E-state index in [4.69, 9.17) is 11.6 Å². The van der Waals surface area contributed by atoms with Crippen LogP contribution in [-0.4, -0.2) is 35.3 Å². The Kier molecular flexibility index (Phi) is 7.01. The number of benzene rings is 1. The molecule has 0 atom stereocenters. The Labute approximate surface area is 152 Å². The number of esters is 1. The molecule has 0 bridgehead atoms. The normalized spacial score (nSPS) is 10.5. The molecule has 0 radical (unpaired) electrons. The van der Waals surface area contributed by atoms with Crippen molar-refractivity contribution in [3.63, 3.8) is 0 Å². The number of nitrogens with zero attached hydrogens (tertiary/aromatic N) is 2. The van der Waals surface area contributed by atoms with Crippen molar-refractivity contribution in [2.45, 2.75) is 32.6 Å². The summed E-state index contributed by atoms with van der Waals surface area (Å²) in [6.45, 7) is 2.40. The maximum Gasteiger partial charge on any atom is 0.305 e. The van der Waals surface area contributed by atoms with Crippen molar-refractivity contribution in [1.82, 2.24) is 15.1 Å². The minimum Gasteiger partial charge on any atom is -0.469 e. The molecule has 1 heterocycles. The van der Waals surface area contributed by atoms with E-state index >= 15 is 0 Å². The highest BCUT2D eigenvalue weighted by molar-refractivity contribution is 6.30. The van der Waals surface area contributed by atoms with Crippen LogP contribution in [0.15, 0.2) is 30.5 Å². The van der Waals surface area contributed by atoms with Gasteiger partial charge in [-0.05, 0) is 38.0 Å². The van der Waals surface area contributed by atoms with E-state index in [1.165, 1.54) is 7.11 Å². The summed E-state index contributed by atoms with van der Waals surface area (Å²) in [6, 6.07) is 7.31. The average molecular weight is 364 g/mol. The Morgan fingerprint density at radius 1 is 1.28 bits per heavy atom. The summed E-state index contributed by atoms with van der Waals surface area (Å²) in [5.41, 5.74) is 2.10. The molecule has 2 aromatic rings. The van der Waals surface area contributed by atoms with Gasteiger partial charge in [0.25, 0.3) is 5.91 Å². The van der Waals surface area contributed by atoms with Gasteiger partial charge in [-0.25, -0.2) is 4.68 Å². The molecule has 0 aliphatic heterocycles. The molecule has 134 valence electrons. The second-order valence-electron chi connectivity index (χ2n) is 5.68. The molecule has 1 aromatic carbocycles. The number of hydrogen-bond donors (Lipinski definition) is 1. The highest BCUT2D eigenvalue weighted by Gasteiger charge is 2.14. The van der Waals surface area contributed by atoms with Crippen LogP contribution >= 0.6 is 11.6 Å². The van der Waals surface area contributed by atoms with Gasteiger partial charge in [0, 0.05) is 18.0 Å². The molecule has 6 nitrogen and oxygen atoms in total. The predicted molar refractivity (Wildman–Crippen MR) is 96.1 cm³/mol. The molecule has 0 saturated carbocycles.